The molecule has 0 aromatic heterocycles. The summed E-state index contributed by atoms with van der Waals surface area (Å²) in [4.78, 5) is 0. The van der Waals surface area contributed by atoms with Crippen molar-refractivity contribution in [2.24, 2.45) is 0 Å². The molecule has 2 heteroatoms. The molecule has 2 aliphatic rings. The summed E-state index contributed by atoms with van der Waals surface area (Å²) in [5, 5.41) is 0. The zero-order valence-corrected chi connectivity index (χ0v) is 30.2. The van der Waals surface area contributed by atoms with Crippen LogP contribution in [0.4, 0.5) is 0 Å². The van der Waals surface area contributed by atoms with Gasteiger partial charge < -0.3 is 0 Å². The molecular weight excluding hydrogens is 663 g/mol. The van der Waals surface area contributed by atoms with Gasteiger partial charge in [-0.05, 0) is 0 Å². The van der Waals surface area contributed by atoms with E-state index in [1.54, 1.807) is 0 Å². The molecule has 4 aromatic rings. The van der Waals surface area contributed by atoms with Crippen LogP contribution in [0.1, 0.15) is 54.1 Å². The summed E-state index contributed by atoms with van der Waals surface area (Å²) >= 11 is -4.83. The summed E-state index contributed by atoms with van der Waals surface area (Å²) < 4.78 is 10.6. The fourth-order valence-electron chi connectivity index (χ4n) is 8.88. The molecule has 2 unspecified atom stereocenters. The average Bonchev–Trinajstić information content (AvgIpc) is 3.56. The predicted octanol–water partition coefficient (Wildman–Crippen LogP) is 10.8. The predicted molar refractivity (Wildman–Crippen MR) is 178 cm³/mol. The third kappa shape index (κ3) is 4.01. The van der Waals surface area contributed by atoms with Crippen LogP contribution in [0.3, 0.4) is 0 Å². The van der Waals surface area contributed by atoms with Crippen molar-refractivity contribution in [3.63, 3.8) is 0 Å². The SMILES string of the molecule is CC[CH2][Hf]([CH3])([CH3])([CH3])(=[SiH2])([CH]1C=Cc2c(-c3ccc(C)cc3)cccc21)[CH]1C=Cc2c(-c3ccc(C)cc3)cccc21. The van der Waals surface area contributed by atoms with Crippen molar-refractivity contribution >= 4 is 19.1 Å². The molecule has 2 atom stereocenters. The first kappa shape index (κ1) is 27.6. The number of allylic oxidation sites excluding steroid dienone is 2. The molecule has 0 heterocycles. The molecule has 204 valence electrons. The zero-order valence-electron chi connectivity index (χ0n) is 25.2. The molecule has 40 heavy (non-hydrogen) atoms. The number of benzene rings is 4. The van der Waals surface area contributed by atoms with Crippen LogP contribution in [-0.2, 0) is 14.2 Å². The molecule has 0 fully saturated rings. The molecule has 0 saturated heterocycles. The van der Waals surface area contributed by atoms with Gasteiger partial charge in [-0.25, -0.2) is 0 Å². The molecule has 0 aliphatic heterocycles. The van der Waals surface area contributed by atoms with Gasteiger partial charge in [0.2, 0.25) is 0 Å². The van der Waals surface area contributed by atoms with E-state index in [1.165, 1.54) is 66.2 Å². The van der Waals surface area contributed by atoms with E-state index >= 15 is 0 Å². The third-order valence-corrected chi connectivity index (χ3v) is 57.7. The molecule has 6 rings (SSSR count). The number of hydrogen-bond acceptors (Lipinski definition) is 0. The maximum absolute atomic E-state index is 4.83. The molecule has 0 radical (unpaired) electrons. The van der Waals surface area contributed by atoms with Gasteiger partial charge in [0.15, 0.2) is 0 Å². The van der Waals surface area contributed by atoms with Crippen LogP contribution < -0.4 is 0 Å². The first-order valence-corrected chi connectivity index (χ1v) is 40.9. The third-order valence-electron chi connectivity index (χ3n) is 11.2. The van der Waals surface area contributed by atoms with Gasteiger partial charge in [0.25, 0.3) is 0 Å². The van der Waals surface area contributed by atoms with Gasteiger partial charge >= 0.3 is 239 Å². The number of hydrogen-bond donors (Lipinski definition) is 0. The van der Waals surface area contributed by atoms with Gasteiger partial charge in [0, 0.05) is 0 Å². The minimum absolute atomic E-state index is 0.437. The standard InChI is InChI=1S/2C16H13.C3H7.3CH3.Hf.H2Si/c2*1-12-8-10-14(11-9-12)16-7-3-5-13-4-2-6-15(13)16;1-3-2;;;;;/h2*2-11H,1H3;1,3H2,2H3;3*1H3;;1H2. The van der Waals surface area contributed by atoms with E-state index in [-0.39, 0.29) is 0 Å². The summed E-state index contributed by atoms with van der Waals surface area (Å²) in [5.74, 6) is 0. The number of rotatable bonds is 6. The quantitative estimate of drug-likeness (QED) is 0.175. The molecule has 0 amide bonds. The Labute approximate surface area is 237 Å². The van der Waals surface area contributed by atoms with Crippen molar-refractivity contribution in [3.05, 3.63) is 130 Å². The van der Waals surface area contributed by atoms with Gasteiger partial charge in [0.1, 0.15) is 0 Å². The van der Waals surface area contributed by atoms with E-state index < -0.39 is 14.2 Å². The van der Waals surface area contributed by atoms with Crippen molar-refractivity contribution in [2.45, 2.75) is 52.8 Å². The Morgan fingerprint density at radius 2 is 1.00 bits per heavy atom. The normalized spacial score (nSPS) is 20.3. The molecule has 0 spiro atoms. The van der Waals surface area contributed by atoms with Crippen LogP contribution in [0.2, 0.25) is 18.2 Å². The maximum atomic E-state index is 2.80. The van der Waals surface area contributed by atoms with Crippen molar-refractivity contribution < 1.29 is 14.2 Å². The molecule has 4 aromatic carbocycles. The fourth-order valence-corrected chi connectivity index (χ4v) is 50.5. The Balaban J connectivity index is 1.56. The van der Waals surface area contributed by atoms with Crippen molar-refractivity contribution in [3.8, 4) is 22.3 Å². The zero-order chi connectivity index (χ0) is 28.4. The van der Waals surface area contributed by atoms with Gasteiger partial charge in [-0.2, -0.15) is 0 Å². The van der Waals surface area contributed by atoms with Crippen LogP contribution in [0.15, 0.2) is 97.1 Å². The van der Waals surface area contributed by atoms with Crippen LogP contribution in [0, 0.1) is 13.8 Å². The van der Waals surface area contributed by atoms with Crippen LogP contribution in [0.5, 0.6) is 0 Å². The minimum atomic E-state index is -4.83. The molecule has 0 N–H and O–H groups in total. The monoisotopic (exact) mass is 708 g/mol. The molecule has 0 saturated carbocycles. The van der Waals surface area contributed by atoms with Gasteiger partial charge in [0.05, 0.1) is 0 Å². The second-order valence-corrected chi connectivity index (χ2v) is 98.1. The molecule has 2 aliphatic carbocycles. The second-order valence-electron chi connectivity index (χ2n) is 16.4. The molecule has 0 bridgehead atoms. The van der Waals surface area contributed by atoms with Crippen LogP contribution in [-0.4, -0.2) is 6.94 Å². The summed E-state index contributed by atoms with van der Waals surface area (Å²) in [7, 11) is 0. The molecule has 0 nitrogen and oxygen atoms in total. The Hall–Kier alpha value is -2.55. The Morgan fingerprint density at radius 1 is 0.600 bits per heavy atom. The Bertz CT molecular complexity index is 1720. The van der Waals surface area contributed by atoms with E-state index in [1.807, 2.05) is 0 Å². The topological polar surface area (TPSA) is 0 Å². The van der Waals surface area contributed by atoms with E-state index in [0.29, 0.717) is 7.35 Å². The van der Waals surface area contributed by atoms with Gasteiger partial charge in [-0.15, -0.1) is 0 Å². The van der Waals surface area contributed by atoms with E-state index in [2.05, 4.69) is 151 Å². The summed E-state index contributed by atoms with van der Waals surface area (Å²) in [5.41, 5.74) is 13.9. The van der Waals surface area contributed by atoms with Crippen LogP contribution >= 0.6 is 0 Å². The Morgan fingerprint density at radius 3 is 1.38 bits per heavy atom. The van der Waals surface area contributed by atoms with E-state index in [4.69, 9.17) is 0 Å². The first-order valence-electron chi connectivity index (χ1n) is 15.1. The second kappa shape index (κ2) is 8.26. The number of fused-ring (bicyclic) bond motifs is 2. The number of aryl methyl sites for hydroxylation is 2. The van der Waals surface area contributed by atoms with Crippen molar-refractivity contribution in [1.29, 1.82) is 0 Å². The summed E-state index contributed by atoms with van der Waals surface area (Å²) in [6.07, 6.45) is 11.4. The Kier molecular flexibility index (Phi) is 5.70. The first-order chi connectivity index (χ1) is 18.8. The average molecular weight is 707 g/mol. The van der Waals surface area contributed by atoms with Gasteiger partial charge in [-0.1, -0.05) is 0 Å². The summed E-state index contributed by atoms with van der Waals surface area (Å²) in [6.45, 7) is 9.21. The van der Waals surface area contributed by atoms with Crippen molar-refractivity contribution in [1.82, 2.24) is 0 Å². The molecular formula is C38H44HfSi. The van der Waals surface area contributed by atoms with Gasteiger partial charge in [-0.3, -0.25) is 0 Å². The van der Waals surface area contributed by atoms with Crippen LogP contribution in [0.25, 0.3) is 34.4 Å². The summed E-state index contributed by atoms with van der Waals surface area (Å²) in [6, 6.07) is 32.2. The van der Waals surface area contributed by atoms with E-state index in [0.717, 1.165) is 0 Å². The fraction of sp³-hybridized carbons (Fsp3) is 0.263. The van der Waals surface area contributed by atoms with Crippen molar-refractivity contribution in [2.75, 3.05) is 0 Å². The van der Waals surface area contributed by atoms with E-state index in [9.17, 15) is 0 Å².